The molecule has 164 valence electrons. The highest BCUT2D eigenvalue weighted by atomic mass is 16.5. The van der Waals surface area contributed by atoms with Crippen LogP contribution >= 0.6 is 0 Å². The summed E-state index contributed by atoms with van der Waals surface area (Å²) in [5.41, 5.74) is 2.48. The Morgan fingerprint density at radius 3 is 2.52 bits per heavy atom. The number of ether oxygens (including phenoxy) is 1. The second-order valence-electron chi connectivity index (χ2n) is 7.93. The molecule has 0 radical (unpaired) electrons. The van der Waals surface area contributed by atoms with Crippen molar-refractivity contribution in [3.05, 3.63) is 60.3 Å². The van der Waals surface area contributed by atoms with Crippen molar-refractivity contribution in [3.63, 3.8) is 0 Å². The van der Waals surface area contributed by atoms with E-state index in [0.717, 1.165) is 41.9 Å². The van der Waals surface area contributed by atoms with Gasteiger partial charge in [-0.3, -0.25) is 9.59 Å². The number of ketones is 1. The molecule has 0 spiro atoms. The Morgan fingerprint density at radius 1 is 1.03 bits per heavy atom. The van der Waals surface area contributed by atoms with Crippen molar-refractivity contribution in [2.45, 2.75) is 32.7 Å². The number of anilines is 1. The Hall–Kier alpha value is -3.12. The fourth-order valence-electron chi connectivity index (χ4n) is 3.33. The molecular formula is C25H31N3O3. The molecule has 0 fully saturated rings. The number of amides is 1. The summed E-state index contributed by atoms with van der Waals surface area (Å²) in [5, 5.41) is 3.99. The van der Waals surface area contributed by atoms with Crippen LogP contribution in [0.1, 0.15) is 36.5 Å². The highest BCUT2D eigenvalue weighted by Crippen LogP contribution is 2.21. The number of nitrogens with one attached hydrogen (secondary N) is 1. The lowest BCUT2D eigenvalue weighted by Crippen LogP contribution is -2.17. The second-order valence-corrected chi connectivity index (χ2v) is 7.93. The van der Waals surface area contributed by atoms with Gasteiger partial charge < -0.3 is 19.5 Å². The lowest BCUT2D eigenvalue weighted by molar-refractivity contribution is -0.116. The molecule has 0 saturated heterocycles. The SMILES string of the molecule is CCCOc1ccc(C(=O)CCC(=O)Nc2ccc3c(ccn3CCN(C)C)c2)cc1. The van der Waals surface area contributed by atoms with E-state index in [4.69, 9.17) is 4.74 Å². The number of rotatable bonds is 11. The summed E-state index contributed by atoms with van der Waals surface area (Å²) >= 11 is 0. The molecule has 1 heterocycles. The largest absolute Gasteiger partial charge is 0.494 e. The molecule has 1 aromatic heterocycles. The van der Waals surface area contributed by atoms with Crippen LogP contribution in [0.2, 0.25) is 0 Å². The molecule has 0 atom stereocenters. The standard InChI is InChI=1S/C25H31N3O3/c1-4-17-31-22-8-5-19(6-9-22)24(29)11-12-25(30)26-21-7-10-23-20(18-21)13-14-28(23)16-15-27(2)3/h5-10,13-14,18H,4,11-12,15-17H2,1-3H3,(H,26,30). The summed E-state index contributed by atoms with van der Waals surface area (Å²) in [5.74, 6) is 0.537. The van der Waals surface area contributed by atoms with Crippen molar-refractivity contribution < 1.29 is 14.3 Å². The number of carbonyl (C=O) groups excluding carboxylic acids is 2. The van der Waals surface area contributed by atoms with Crippen LogP contribution < -0.4 is 10.1 Å². The maximum atomic E-state index is 12.4. The van der Waals surface area contributed by atoms with E-state index in [1.165, 1.54) is 0 Å². The van der Waals surface area contributed by atoms with Gasteiger partial charge in [0.1, 0.15) is 5.75 Å². The average Bonchev–Trinajstić information content (AvgIpc) is 3.17. The fourth-order valence-corrected chi connectivity index (χ4v) is 3.33. The third-order valence-corrected chi connectivity index (χ3v) is 5.07. The summed E-state index contributed by atoms with van der Waals surface area (Å²) in [7, 11) is 4.11. The van der Waals surface area contributed by atoms with Crippen molar-refractivity contribution in [2.24, 2.45) is 0 Å². The minimum atomic E-state index is -0.164. The monoisotopic (exact) mass is 421 g/mol. The van der Waals surface area contributed by atoms with Crippen molar-refractivity contribution in [2.75, 3.05) is 32.6 Å². The molecule has 1 N–H and O–H groups in total. The quantitative estimate of drug-likeness (QED) is 0.460. The van der Waals surface area contributed by atoms with Crippen LogP contribution in [0.5, 0.6) is 5.75 Å². The molecule has 3 aromatic rings. The van der Waals surface area contributed by atoms with Gasteiger partial charge in [0.05, 0.1) is 6.61 Å². The Bertz CT molecular complexity index is 1020. The summed E-state index contributed by atoms with van der Waals surface area (Å²) in [6.45, 7) is 4.57. The van der Waals surface area contributed by atoms with Gasteiger partial charge in [-0.15, -0.1) is 0 Å². The summed E-state index contributed by atoms with van der Waals surface area (Å²) < 4.78 is 7.74. The van der Waals surface area contributed by atoms with E-state index in [1.54, 1.807) is 24.3 Å². The third-order valence-electron chi connectivity index (χ3n) is 5.07. The zero-order valence-electron chi connectivity index (χ0n) is 18.6. The lowest BCUT2D eigenvalue weighted by atomic mass is 10.1. The number of hydrogen-bond acceptors (Lipinski definition) is 4. The van der Waals surface area contributed by atoms with Gasteiger partial charge in [-0.05, 0) is 69.0 Å². The van der Waals surface area contributed by atoms with E-state index in [1.807, 2.05) is 25.1 Å². The van der Waals surface area contributed by atoms with Crippen LogP contribution in [-0.2, 0) is 11.3 Å². The van der Waals surface area contributed by atoms with Gasteiger partial charge in [-0.1, -0.05) is 6.92 Å². The number of Topliss-reactive ketones (excluding diaryl/α,β-unsaturated/α-hetero) is 1. The molecule has 0 aliphatic carbocycles. The van der Waals surface area contributed by atoms with Gasteiger partial charge in [0.2, 0.25) is 5.91 Å². The Labute approximate surface area is 183 Å². The lowest BCUT2D eigenvalue weighted by Gasteiger charge is -2.11. The van der Waals surface area contributed by atoms with Crippen LogP contribution in [0.4, 0.5) is 5.69 Å². The highest BCUT2D eigenvalue weighted by Gasteiger charge is 2.11. The molecule has 3 rings (SSSR count). The van der Waals surface area contributed by atoms with Crippen LogP contribution in [0.25, 0.3) is 10.9 Å². The van der Waals surface area contributed by atoms with Crippen molar-refractivity contribution >= 4 is 28.3 Å². The number of aromatic nitrogens is 1. The van der Waals surface area contributed by atoms with E-state index in [-0.39, 0.29) is 24.5 Å². The van der Waals surface area contributed by atoms with Crippen molar-refractivity contribution in [1.82, 2.24) is 9.47 Å². The van der Waals surface area contributed by atoms with Crippen LogP contribution in [0.3, 0.4) is 0 Å². The molecule has 31 heavy (non-hydrogen) atoms. The number of likely N-dealkylation sites (N-methyl/N-ethyl adjacent to an activating group) is 1. The number of fused-ring (bicyclic) bond motifs is 1. The maximum absolute atomic E-state index is 12.4. The number of carbonyl (C=O) groups is 2. The van der Waals surface area contributed by atoms with Crippen molar-refractivity contribution in [3.8, 4) is 5.75 Å². The van der Waals surface area contributed by atoms with E-state index in [2.05, 4.69) is 41.1 Å². The van der Waals surface area contributed by atoms with Gasteiger partial charge in [0, 0.05) is 54.3 Å². The molecule has 0 aliphatic heterocycles. The first-order valence-corrected chi connectivity index (χ1v) is 10.8. The molecule has 2 aromatic carbocycles. The zero-order valence-corrected chi connectivity index (χ0v) is 18.6. The predicted octanol–water partition coefficient (Wildman–Crippen LogP) is 4.59. The third kappa shape index (κ3) is 6.43. The first kappa shape index (κ1) is 22.6. The van der Waals surface area contributed by atoms with E-state index in [9.17, 15) is 9.59 Å². The second kappa shape index (κ2) is 10.8. The van der Waals surface area contributed by atoms with Gasteiger partial charge in [0.15, 0.2) is 5.78 Å². The number of nitrogens with zero attached hydrogens (tertiary/aromatic N) is 2. The van der Waals surface area contributed by atoms with Gasteiger partial charge in [0.25, 0.3) is 0 Å². The van der Waals surface area contributed by atoms with Crippen LogP contribution in [0.15, 0.2) is 54.7 Å². The van der Waals surface area contributed by atoms with E-state index >= 15 is 0 Å². The molecule has 0 unspecified atom stereocenters. The Morgan fingerprint density at radius 2 is 1.81 bits per heavy atom. The van der Waals surface area contributed by atoms with E-state index < -0.39 is 0 Å². The number of hydrogen-bond donors (Lipinski definition) is 1. The maximum Gasteiger partial charge on any atom is 0.224 e. The van der Waals surface area contributed by atoms with Gasteiger partial charge in [-0.25, -0.2) is 0 Å². The number of benzene rings is 2. The molecular weight excluding hydrogens is 390 g/mol. The fraction of sp³-hybridized carbons (Fsp3) is 0.360. The summed E-state index contributed by atoms with van der Waals surface area (Å²) in [4.78, 5) is 26.9. The van der Waals surface area contributed by atoms with Crippen LogP contribution in [-0.4, -0.2) is 48.4 Å². The van der Waals surface area contributed by atoms with Gasteiger partial charge >= 0.3 is 0 Å². The minimum Gasteiger partial charge on any atom is -0.494 e. The molecule has 0 aliphatic rings. The van der Waals surface area contributed by atoms with Crippen molar-refractivity contribution in [1.29, 1.82) is 0 Å². The molecule has 6 heteroatoms. The molecule has 1 amide bonds. The smallest absolute Gasteiger partial charge is 0.224 e. The Balaban J connectivity index is 1.52. The Kier molecular flexibility index (Phi) is 7.84. The average molecular weight is 422 g/mol. The summed E-state index contributed by atoms with van der Waals surface area (Å²) in [6, 6.07) is 15.0. The van der Waals surface area contributed by atoms with E-state index in [0.29, 0.717) is 12.2 Å². The zero-order chi connectivity index (χ0) is 22.2. The first-order valence-electron chi connectivity index (χ1n) is 10.8. The highest BCUT2D eigenvalue weighted by molar-refractivity contribution is 6.00. The van der Waals surface area contributed by atoms with Gasteiger partial charge in [-0.2, -0.15) is 0 Å². The van der Waals surface area contributed by atoms with Crippen LogP contribution in [0, 0.1) is 0 Å². The predicted molar refractivity (Wildman–Crippen MR) is 125 cm³/mol. The molecule has 6 nitrogen and oxygen atoms in total. The molecule has 0 bridgehead atoms. The summed E-state index contributed by atoms with van der Waals surface area (Å²) in [6.07, 6.45) is 3.32. The first-order chi connectivity index (χ1) is 15.0. The topological polar surface area (TPSA) is 63.6 Å². The molecule has 0 saturated carbocycles. The minimum absolute atomic E-state index is 0.0504. The normalized spacial score (nSPS) is 11.1.